The van der Waals surface area contributed by atoms with E-state index in [1.165, 1.54) is 18.4 Å². The maximum Gasteiger partial charge on any atom is 0.119 e. The van der Waals surface area contributed by atoms with E-state index in [1.54, 1.807) is 0 Å². The molecule has 1 aromatic rings. The van der Waals surface area contributed by atoms with Gasteiger partial charge in [0.15, 0.2) is 0 Å². The summed E-state index contributed by atoms with van der Waals surface area (Å²) in [6, 6.07) is 8.51. The predicted molar refractivity (Wildman–Crippen MR) is 99.4 cm³/mol. The summed E-state index contributed by atoms with van der Waals surface area (Å²) in [5.41, 5.74) is 1.38. The number of rotatable bonds is 11. The third-order valence-electron chi connectivity index (χ3n) is 4.44. The molecule has 0 aliphatic heterocycles. The summed E-state index contributed by atoms with van der Waals surface area (Å²) in [7, 11) is 0. The average molecular weight is 321 g/mol. The van der Waals surface area contributed by atoms with Crippen LogP contribution in [-0.2, 0) is 4.74 Å². The van der Waals surface area contributed by atoms with Crippen molar-refractivity contribution >= 4 is 0 Å². The van der Waals surface area contributed by atoms with Crippen LogP contribution < -0.4 is 4.74 Å². The van der Waals surface area contributed by atoms with Crippen LogP contribution in [0.4, 0.5) is 0 Å². The first-order valence-electron chi connectivity index (χ1n) is 9.20. The quantitative estimate of drug-likeness (QED) is 0.483. The maximum atomic E-state index is 5.87. The molecule has 0 amide bonds. The summed E-state index contributed by atoms with van der Waals surface area (Å²) in [6.07, 6.45) is 4.70. The van der Waals surface area contributed by atoms with Crippen molar-refractivity contribution in [3.63, 3.8) is 0 Å². The first-order valence-corrected chi connectivity index (χ1v) is 9.20. The highest BCUT2D eigenvalue weighted by molar-refractivity contribution is 5.28. The Bertz CT molecular complexity index is 420. The predicted octanol–water partition coefficient (Wildman–Crippen LogP) is 6.20. The van der Waals surface area contributed by atoms with Crippen molar-refractivity contribution in [2.45, 2.75) is 78.7 Å². The van der Waals surface area contributed by atoms with Gasteiger partial charge in [0.1, 0.15) is 5.75 Å². The molecule has 0 bridgehead atoms. The highest BCUT2D eigenvalue weighted by atomic mass is 16.5. The van der Waals surface area contributed by atoms with E-state index in [9.17, 15) is 0 Å². The number of hydrogen-bond acceptors (Lipinski definition) is 2. The van der Waals surface area contributed by atoms with Crippen molar-refractivity contribution in [3.05, 3.63) is 29.8 Å². The lowest BCUT2D eigenvalue weighted by Gasteiger charge is -2.25. The van der Waals surface area contributed by atoms with Crippen molar-refractivity contribution in [1.29, 1.82) is 0 Å². The van der Waals surface area contributed by atoms with Gasteiger partial charge in [-0.25, -0.2) is 0 Å². The second kappa shape index (κ2) is 9.97. The molecule has 1 atom stereocenters. The first kappa shape index (κ1) is 20.0. The molecule has 0 saturated heterocycles. The minimum Gasteiger partial charge on any atom is -0.494 e. The van der Waals surface area contributed by atoms with Crippen LogP contribution in [0.15, 0.2) is 24.3 Å². The van der Waals surface area contributed by atoms with Gasteiger partial charge in [0, 0.05) is 6.61 Å². The maximum absolute atomic E-state index is 5.87. The Hall–Kier alpha value is -1.02. The summed E-state index contributed by atoms with van der Waals surface area (Å²) >= 11 is 0. The van der Waals surface area contributed by atoms with Gasteiger partial charge in [-0.3, -0.25) is 0 Å². The van der Waals surface area contributed by atoms with Gasteiger partial charge in [-0.05, 0) is 63.1 Å². The van der Waals surface area contributed by atoms with Gasteiger partial charge in [-0.2, -0.15) is 0 Å². The highest BCUT2D eigenvalue weighted by Crippen LogP contribution is 2.22. The number of ether oxygens (including phenoxy) is 2. The van der Waals surface area contributed by atoms with Crippen LogP contribution in [0, 0.1) is 5.92 Å². The van der Waals surface area contributed by atoms with Crippen molar-refractivity contribution in [3.8, 4) is 5.75 Å². The van der Waals surface area contributed by atoms with Crippen LogP contribution in [0.5, 0.6) is 5.75 Å². The van der Waals surface area contributed by atoms with Crippen molar-refractivity contribution in [2.24, 2.45) is 5.92 Å². The normalized spacial score (nSPS) is 13.3. The molecule has 0 saturated carbocycles. The molecule has 1 aromatic carbocycles. The van der Waals surface area contributed by atoms with Crippen LogP contribution >= 0.6 is 0 Å². The fourth-order valence-corrected chi connectivity index (χ4v) is 2.81. The van der Waals surface area contributed by atoms with Crippen LogP contribution in [0.25, 0.3) is 0 Å². The van der Waals surface area contributed by atoms with Crippen molar-refractivity contribution in [2.75, 3.05) is 13.2 Å². The standard InChI is InChI=1S/C21H36O2/c1-7-23-21(5,6)15-8-9-18(4)14-16-22-20-12-10-19(11-13-20)17(2)3/h10-13,17-18H,7-9,14-16H2,1-6H3. The summed E-state index contributed by atoms with van der Waals surface area (Å²) in [5.74, 6) is 2.26. The van der Waals surface area contributed by atoms with Gasteiger partial charge in [-0.1, -0.05) is 45.7 Å². The third-order valence-corrected chi connectivity index (χ3v) is 4.44. The molecule has 0 aliphatic rings. The van der Waals surface area contributed by atoms with E-state index in [-0.39, 0.29) is 5.60 Å². The van der Waals surface area contributed by atoms with Gasteiger partial charge < -0.3 is 9.47 Å². The minimum atomic E-state index is 0.0170. The second-order valence-corrected chi connectivity index (χ2v) is 7.55. The Balaban J connectivity index is 2.20. The molecule has 1 rings (SSSR count). The smallest absolute Gasteiger partial charge is 0.119 e. The summed E-state index contributed by atoms with van der Waals surface area (Å²) < 4.78 is 11.6. The van der Waals surface area contributed by atoms with Gasteiger partial charge in [0.2, 0.25) is 0 Å². The number of benzene rings is 1. The Labute approximate surface area is 143 Å². The van der Waals surface area contributed by atoms with Gasteiger partial charge >= 0.3 is 0 Å². The lowest BCUT2D eigenvalue weighted by molar-refractivity contribution is -0.0183. The average Bonchev–Trinajstić information content (AvgIpc) is 2.47. The van der Waals surface area contributed by atoms with Gasteiger partial charge in [0.25, 0.3) is 0 Å². The molecular weight excluding hydrogens is 284 g/mol. The van der Waals surface area contributed by atoms with Crippen LogP contribution in [-0.4, -0.2) is 18.8 Å². The molecule has 23 heavy (non-hydrogen) atoms. The topological polar surface area (TPSA) is 18.5 Å². The molecule has 1 unspecified atom stereocenters. The number of hydrogen-bond donors (Lipinski definition) is 0. The molecule has 2 nitrogen and oxygen atoms in total. The van der Waals surface area contributed by atoms with Gasteiger partial charge in [0.05, 0.1) is 12.2 Å². The zero-order chi connectivity index (χ0) is 17.3. The molecule has 0 fully saturated rings. The Kier molecular flexibility index (Phi) is 8.68. The lowest BCUT2D eigenvalue weighted by Crippen LogP contribution is -2.24. The van der Waals surface area contributed by atoms with E-state index in [1.807, 2.05) is 0 Å². The molecular formula is C21H36O2. The summed E-state index contributed by atoms with van der Waals surface area (Å²) in [4.78, 5) is 0. The Morgan fingerprint density at radius 3 is 2.22 bits per heavy atom. The SMILES string of the molecule is CCOC(C)(C)CCCC(C)CCOc1ccc(C(C)C)cc1. The molecule has 0 heterocycles. The molecule has 132 valence electrons. The van der Waals surface area contributed by atoms with E-state index in [2.05, 4.69) is 65.8 Å². The Morgan fingerprint density at radius 2 is 1.65 bits per heavy atom. The molecule has 0 aliphatic carbocycles. The highest BCUT2D eigenvalue weighted by Gasteiger charge is 2.17. The molecule has 2 heteroatoms. The van der Waals surface area contributed by atoms with E-state index in [4.69, 9.17) is 9.47 Å². The van der Waals surface area contributed by atoms with Crippen molar-refractivity contribution in [1.82, 2.24) is 0 Å². The molecule has 0 N–H and O–H groups in total. The van der Waals surface area contributed by atoms with Crippen LogP contribution in [0.1, 0.15) is 78.7 Å². The zero-order valence-corrected chi connectivity index (χ0v) is 16.0. The summed E-state index contributed by atoms with van der Waals surface area (Å²) in [6.45, 7) is 14.8. The van der Waals surface area contributed by atoms with Crippen LogP contribution in [0.2, 0.25) is 0 Å². The lowest BCUT2D eigenvalue weighted by atomic mass is 9.95. The van der Waals surface area contributed by atoms with Crippen LogP contribution in [0.3, 0.4) is 0 Å². The summed E-state index contributed by atoms with van der Waals surface area (Å²) in [5, 5.41) is 0. The van der Waals surface area contributed by atoms with E-state index >= 15 is 0 Å². The fourth-order valence-electron chi connectivity index (χ4n) is 2.81. The van der Waals surface area contributed by atoms with Gasteiger partial charge in [-0.15, -0.1) is 0 Å². The fraction of sp³-hybridized carbons (Fsp3) is 0.714. The molecule has 0 radical (unpaired) electrons. The van der Waals surface area contributed by atoms with E-state index in [0.29, 0.717) is 11.8 Å². The third kappa shape index (κ3) is 8.41. The van der Waals surface area contributed by atoms with Crippen molar-refractivity contribution < 1.29 is 9.47 Å². The largest absolute Gasteiger partial charge is 0.494 e. The van der Waals surface area contributed by atoms with E-state index in [0.717, 1.165) is 31.8 Å². The Morgan fingerprint density at radius 1 is 1.00 bits per heavy atom. The first-order chi connectivity index (χ1) is 10.8. The minimum absolute atomic E-state index is 0.0170. The monoisotopic (exact) mass is 320 g/mol. The molecule has 0 spiro atoms. The zero-order valence-electron chi connectivity index (χ0n) is 16.0. The molecule has 0 aromatic heterocycles. The second-order valence-electron chi connectivity index (χ2n) is 7.55. The van der Waals surface area contributed by atoms with E-state index < -0.39 is 0 Å².